The van der Waals surface area contributed by atoms with Crippen molar-refractivity contribution in [2.24, 2.45) is 0 Å². The van der Waals surface area contributed by atoms with Crippen LogP contribution in [0.25, 0.3) is 17.6 Å². The van der Waals surface area contributed by atoms with Crippen LogP contribution in [-0.2, 0) is 0 Å². The highest BCUT2D eigenvalue weighted by atomic mass is 32.1. The van der Waals surface area contributed by atoms with Crippen LogP contribution in [0.4, 0.5) is 0 Å². The minimum absolute atomic E-state index is 0.0189. The summed E-state index contributed by atoms with van der Waals surface area (Å²) < 4.78 is 1.89. The second kappa shape index (κ2) is 4.28. The highest BCUT2D eigenvalue weighted by Crippen LogP contribution is 2.20. The summed E-state index contributed by atoms with van der Waals surface area (Å²) >= 11 is 5.08. The van der Waals surface area contributed by atoms with Gasteiger partial charge in [0.15, 0.2) is 10.4 Å². The molecule has 0 bridgehead atoms. The van der Waals surface area contributed by atoms with Crippen LogP contribution in [0.1, 0.15) is 0 Å². The topological polar surface area (TPSA) is 38.0 Å². The summed E-state index contributed by atoms with van der Waals surface area (Å²) in [5.41, 5.74) is 0.925. The van der Waals surface area contributed by atoms with Crippen LogP contribution in [0, 0.1) is 4.64 Å². The molecule has 0 saturated carbocycles. The molecule has 1 aromatic carbocycles. The Hall–Kier alpha value is -1.94. The molecule has 1 N–H and O–H groups in total. The zero-order chi connectivity index (χ0) is 11.5. The second-order valence-corrected chi connectivity index (χ2v) is 3.58. The van der Waals surface area contributed by atoms with Gasteiger partial charge in [0.25, 0.3) is 0 Å². The molecular weight excluding hydrogens is 220 g/mol. The van der Waals surface area contributed by atoms with Crippen molar-refractivity contribution in [1.82, 2.24) is 9.55 Å². The fourth-order valence-electron chi connectivity index (χ4n) is 1.43. The first-order valence-corrected chi connectivity index (χ1v) is 5.13. The number of rotatable bonds is 2. The predicted molar refractivity (Wildman–Crippen MR) is 66.5 cm³/mol. The molecule has 2 aromatic rings. The lowest BCUT2D eigenvalue weighted by atomic mass is 10.2. The molecule has 0 atom stereocenters. The van der Waals surface area contributed by atoms with Gasteiger partial charge in [-0.15, -0.1) is 0 Å². The van der Waals surface area contributed by atoms with E-state index < -0.39 is 0 Å². The molecule has 0 radical (unpaired) electrons. The van der Waals surface area contributed by atoms with E-state index >= 15 is 0 Å². The van der Waals surface area contributed by atoms with Crippen molar-refractivity contribution in [3.8, 4) is 17.1 Å². The molecule has 2 rings (SSSR count). The lowest BCUT2D eigenvalue weighted by Gasteiger charge is -2.08. The van der Waals surface area contributed by atoms with Gasteiger partial charge in [-0.1, -0.05) is 49.1 Å². The first kappa shape index (κ1) is 10.6. The fourth-order valence-corrected chi connectivity index (χ4v) is 1.64. The normalized spacial score (nSPS) is 10.0. The molecule has 1 aromatic heterocycles. The van der Waals surface area contributed by atoms with Gasteiger partial charge in [-0.25, -0.2) is 4.98 Å². The van der Waals surface area contributed by atoms with Gasteiger partial charge in [0, 0.05) is 11.8 Å². The fraction of sp³-hybridized carbons (Fsp3) is 0. The molecule has 1 heterocycles. The predicted octanol–water partition coefficient (Wildman–Crippen LogP) is 3.09. The Morgan fingerprint density at radius 2 is 2.00 bits per heavy atom. The molecule has 4 heteroatoms. The summed E-state index contributed by atoms with van der Waals surface area (Å²) in [7, 11) is 0. The Bertz CT molecular complexity index is 575. The highest BCUT2D eigenvalue weighted by molar-refractivity contribution is 7.71. The molecule has 0 aliphatic heterocycles. The van der Waals surface area contributed by atoms with E-state index in [1.54, 1.807) is 4.57 Å². The lowest BCUT2D eigenvalue weighted by Crippen LogP contribution is -1.99. The molecule has 0 saturated heterocycles. The molecule has 16 heavy (non-hydrogen) atoms. The number of hydrogen-bond acceptors (Lipinski definition) is 3. The summed E-state index contributed by atoms with van der Waals surface area (Å²) in [4.78, 5) is 4.16. The van der Waals surface area contributed by atoms with Crippen molar-refractivity contribution in [2.45, 2.75) is 0 Å². The first-order valence-electron chi connectivity index (χ1n) is 4.72. The number of aromatic nitrogens is 2. The second-order valence-electron chi connectivity index (χ2n) is 3.19. The Labute approximate surface area is 98.3 Å². The summed E-state index contributed by atoms with van der Waals surface area (Å²) in [6.45, 7) is 3.66. The van der Waals surface area contributed by atoms with E-state index in [1.807, 2.05) is 30.3 Å². The van der Waals surface area contributed by atoms with E-state index in [4.69, 9.17) is 12.2 Å². The van der Waals surface area contributed by atoms with Gasteiger partial charge in [-0.3, -0.25) is 4.57 Å². The van der Waals surface area contributed by atoms with Gasteiger partial charge >= 0.3 is 0 Å². The van der Waals surface area contributed by atoms with Gasteiger partial charge in [-0.05, 0) is 0 Å². The van der Waals surface area contributed by atoms with Crippen LogP contribution in [0.3, 0.4) is 0 Å². The van der Waals surface area contributed by atoms with Crippen LogP contribution in [0.15, 0.2) is 43.1 Å². The average Bonchev–Trinajstić information content (AvgIpc) is 2.33. The number of benzene rings is 1. The van der Waals surface area contributed by atoms with E-state index in [1.165, 1.54) is 12.4 Å². The summed E-state index contributed by atoms with van der Waals surface area (Å²) in [5.74, 6) is 0.646. The van der Waals surface area contributed by atoms with Gasteiger partial charge in [0.05, 0.1) is 6.20 Å². The van der Waals surface area contributed by atoms with Crippen molar-refractivity contribution in [3.05, 3.63) is 47.7 Å². The van der Waals surface area contributed by atoms with E-state index in [9.17, 15) is 5.11 Å². The third kappa shape index (κ3) is 1.75. The standard InChI is InChI=1S/C12H10N2OS/c1-2-14-11(9-6-4-3-5-7-9)13-8-10(15)12(14)16/h2-8,15H,1H2. The summed E-state index contributed by atoms with van der Waals surface area (Å²) in [5, 5.41) is 9.47. The SMILES string of the molecule is C=Cn1c(-c2ccccc2)ncc(O)c1=S. The van der Waals surface area contributed by atoms with E-state index in [-0.39, 0.29) is 5.75 Å². The van der Waals surface area contributed by atoms with Crippen molar-refractivity contribution in [1.29, 1.82) is 0 Å². The van der Waals surface area contributed by atoms with Crippen LogP contribution in [0.5, 0.6) is 5.75 Å². The quantitative estimate of drug-likeness (QED) is 0.806. The molecule has 0 amide bonds. The van der Waals surface area contributed by atoms with Gasteiger partial charge in [0.2, 0.25) is 0 Å². The zero-order valence-electron chi connectivity index (χ0n) is 8.50. The average molecular weight is 230 g/mol. The molecular formula is C12H10N2OS. The molecule has 0 spiro atoms. The highest BCUT2D eigenvalue weighted by Gasteiger charge is 2.06. The van der Waals surface area contributed by atoms with Gasteiger partial charge in [-0.2, -0.15) is 0 Å². The van der Waals surface area contributed by atoms with E-state index in [0.717, 1.165) is 5.56 Å². The molecule has 0 unspecified atom stereocenters. The largest absolute Gasteiger partial charge is 0.504 e. The first-order chi connectivity index (χ1) is 7.74. The number of nitrogens with zero attached hydrogens (tertiary/aromatic N) is 2. The van der Waals surface area contributed by atoms with E-state index in [0.29, 0.717) is 10.5 Å². The minimum Gasteiger partial charge on any atom is -0.504 e. The third-order valence-corrected chi connectivity index (χ3v) is 2.60. The van der Waals surface area contributed by atoms with Gasteiger partial charge < -0.3 is 5.11 Å². The summed E-state index contributed by atoms with van der Waals surface area (Å²) in [6, 6.07) is 9.61. The Kier molecular flexibility index (Phi) is 2.83. The lowest BCUT2D eigenvalue weighted by molar-refractivity contribution is 0.465. The monoisotopic (exact) mass is 230 g/mol. The maximum absolute atomic E-state index is 9.47. The van der Waals surface area contributed by atoms with Crippen LogP contribution in [0.2, 0.25) is 0 Å². The third-order valence-electron chi connectivity index (χ3n) is 2.19. The Morgan fingerprint density at radius 3 is 2.62 bits per heavy atom. The Morgan fingerprint density at radius 1 is 1.31 bits per heavy atom. The molecule has 3 nitrogen and oxygen atoms in total. The number of aromatic hydroxyl groups is 1. The maximum Gasteiger partial charge on any atom is 0.169 e. The van der Waals surface area contributed by atoms with Crippen molar-refractivity contribution >= 4 is 18.4 Å². The van der Waals surface area contributed by atoms with Crippen LogP contribution >= 0.6 is 12.2 Å². The summed E-state index contributed by atoms with van der Waals surface area (Å²) in [6.07, 6.45) is 2.89. The molecule has 0 fully saturated rings. The Balaban J connectivity index is 2.72. The molecule has 0 aliphatic carbocycles. The molecule has 0 aliphatic rings. The number of hydrogen-bond donors (Lipinski definition) is 1. The maximum atomic E-state index is 9.47. The van der Waals surface area contributed by atoms with Crippen molar-refractivity contribution < 1.29 is 5.11 Å². The van der Waals surface area contributed by atoms with E-state index in [2.05, 4.69) is 11.6 Å². The van der Waals surface area contributed by atoms with Crippen LogP contribution < -0.4 is 0 Å². The van der Waals surface area contributed by atoms with Crippen molar-refractivity contribution in [3.63, 3.8) is 0 Å². The van der Waals surface area contributed by atoms with Crippen LogP contribution in [-0.4, -0.2) is 14.7 Å². The smallest absolute Gasteiger partial charge is 0.169 e. The van der Waals surface area contributed by atoms with Gasteiger partial charge in [0.1, 0.15) is 5.82 Å². The molecule has 80 valence electrons. The zero-order valence-corrected chi connectivity index (χ0v) is 9.31. The minimum atomic E-state index is -0.0189. The van der Waals surface area contributed by atoms with Crippen molar-refractivity contribution in [2.75, 3.05) is 0 Å².